The van der Waals surface area contributed by atoms with Crippen molar-refractivity contribution in [3.8, 4) is 11.8 Å². The SMILES string of the molecule is CC#CCNc1ccc2cc(Br)ccc2c1. The number of benzene rings is 2. The lowest BCUT2D eigenvalue weighted by Gasteiger charge is -2.04. The van der Waals surface area contributed by atoms with Crippen molar-refractivity contribution < 1.29 is 0 Å². The normalized spacial score (nSPS) is 9.62. The monoisotopic (exact) mass is 273 g/mol. The summed E-state index contributed by atoms with van der Waals surface area (Å²) in [4.78, 5) is 0. The number of nitrogens with one attached hydrogen (secondary N) is 1. The predicted octanol–water partition coefficient (Wildman–Crippen LogP) is 4.04. The molecule has 80 valence electrons. The molecule has 2 aromatic carbocycles. The van der Waals surface area contributed by atoms with Crippen LogP contribution in [0.4, 0.5) is 5.69 Å². The first-order chi connectivity index (χ1) is 7.79. The molecule has 0 amide bonds. The van der Waals surface area contributed by atoms with Gasteiger partial charge in [0.2, 0.25) is 0 Å². The van der Waals surface area contributed by atoms with Gasteiger partial charge in [0.25, 0.3) is 0 Å². The highest BCUT2D eigenvalue weighted by Crippen LogP contribution is 2.22. The number of fused-ring (bicyclic) bond motifs is 1. The molecular weight excluding hydrogens is 262 g/mol. The van der Waals surface area contributed by atoms with Crippen LogP contribution >= 0.6 is 15.9 Å². The Labute approximate surface area is 104 Å². The number of rotatable bonds is 2. The predicted molar refractivity (Wildman–Crippen MR) is 73.6 cm³/mol. The van der Waals surface area contributed by atoms with E-state index >= 15 is 0 Å². The molecule has 2 heteroatoms. The Balaban J connectivity index is 2.28. The van der Waals surface area contributed by atoms with E-state index in [1.54, 1.807) is 0 Å². The second-order valence-electron chi connectivity index (χ2n) is 3.49. The molecule has 2 aromatic rings. The quantitative estimate of drug-likeness (QED) is 0.815. The lowest BCUT2D eigenvalue weighted by molar-refractivity contribution is 1.38. The summed E-state index contributed by atoms with van der Waals surface area (Å²) in [6, 6.07) is 12.6. The summed E-state index contributed by atoms with van der Waals surface area (Å²) in [5, 5.41) is 5.74. The molecule has 0 aliphatic heterocycles. The van der Waals surface area contributed by atoms with Crippen LogP contribution in [0.1, 0.15) is 6.92 Å². The van der Waals surface area contributed by atoms with Gasteiger partial charge >= 0.3 is 0 Å². The summed E-state index contributed by atoms with van der Waals surface area (Å²) in [7, 11) is 0. The molecule has 0 saturated carbocycles. The molecule has 0 spiro atoms. The van der Waals surface area contributed by atoms with Gasteiger partial charge in [-0.1, -0.05) is 34.0 Å². The molecule has 0 radical (unpaired) electrons. The molecule has 1 N–H and O–H groups in total. The zero-order chi connectivity index (χ0) is 11.4. The largest absolute Gasteiger partial charge is 0.374 e. The van der Waals surface area contributed by atoms with E-state index in [1.807, 2.05) is 6.92 Å². The molecule has 0 bridgehead atoms. The van der Waals surface area contributed by atoms with Crippen molar-refractivity contribution in [1.82, 2.24) is 0 Å². The molecule has 2 rings (SSSR count). The molecular formula is C14H12BrN. The van der Waals surface area contributed by atoms with Crippen LogP contribution in [0, 0.1) is 11.8 Å². The maximum atomic E-state index is 3.47. The molecule has 0 heterocycles. The minimum Gasteiger partial charge on any atom is -0.374 e. The average Bonchev–Trinajstić information content (AvgIpc) is 2.29. The Morgan fingerprint density at radius 1 is 1.12 bits per heavy atom. The van der Waals surface area contributed by atoms with Crippen molar-refractivity contribution in [1.29, 1.82) is 0 Å². The van der Waals surface area contributed by atoms with Crippen LogP contribution in [-0.4, -0.2) is 6.54 Å². The van der Waals surface area contributed by atoms with Gasteiger partial charge in [0.05, 0.1) is 6.54 Å². The molecule has 0 atom stereocenters. The standard InChI is InChI=1S/C14H12BrN/c1-2-3-8-16-14-7-5-11-9-13(15)6-4-12(11)10-14/h4-7,9-10,16H,8H2,1H3. The Morgan fingerprint density at radius 2 is 1.88 bits per heavy atom. The smallest absolute Gasteiger partial charge is 0.0765 e. The molecule has 0 aliphatic carbocycles. The summed E-state index contributed by atoms with van der Waals surface area (Å²) in [5.74, 6) is 5.85. The third-order valence-corrected chi connectivity index (χ3v) is 2.85. The number of hydrogen-bond acceptors (Lipinski definition) is 1. The van der Waals surface area contributed by atoms with E-state index in [4.69, 9.17) is 0 Å². The van der Waals surface area contributed by atoms with Crippen LogP contribution in [0.25, 0.3) is 10.8 Å². The summed E-state index contributed by atoms with van der Waals surface area (Å²) >= 11 is 3.47. The second-order valence-corrected chi connectivity index (χ2v) is 4.40. The van der Waals surface area contributed by atoms with Crippen molar-refractivity contribution in [3.05, 3.63) is 40.9 Å². The fourth-order valence-electron chi connectivity index (χ4n) is 1.56. The van der Waals surface area contributed by atoms with Crippen LogP contribution in [0.3, 0.4) is 0 Å². The summed E-state index contributed by atoms with van der Waals surface area (Å²) in [6.45, 7) is 2.54. The van der Waals surface area contributed by atoms with Crippen LogP contribution < -0.4 is 5.32 Å². The highest BCUT2D eigenvalue weighted by atomic mass is 79.9. The van der Waals surface area contributed by atoms with Crippen LogP contribution in [0.15, 0.2) is 40.9 Å². The first kappa shape index (κ1) is 11.0. The van der Waals surface area contributed by atoms with Crippen molar-refractivity contribution >= 4 is 32.4 Å². The lowest BCUT2D eigenvalue weighted by Crippen LogP contribution is -1.97. The number of hydrogen-bond donors (Lipinski definition) is 1. The highest BCUT2D eigenvalue weighted by molar-refractivity contribution is 9.10. The van der Waals surface area contributed by atoms with Gasteiger partial charge in [-0.05, 0) is 42.0 Å². The maximum Gasteiger partial charge on any atom is 0.0765 e. The van der Waals surface area contributed by atoms with Crippen molar-refractivity contribution in [2.24, 2.45) is 0 Å². The average molecular weight is 274 g/mol. The fraction of sp³-hybridized carbons (Fsp3) is 0.143. The van der Waals surface area contributed by atoms with Crippen LogP contribution in [-0.2, 0) is 0 Å². The maximum absolute atomic E-state index is 3.47. The van der Waals surface area contributed by atoms with E-state index in [-0.39, 0.29) is 0 Å². The fourth-order valence-corrected chi connectivity index (χ4v) is 1.94. The van der Waals surface area contributed by atoms with E-state index < -0.39 is 0 Å². The van der Waals surface area contributed by atoms with Crippen molar-refractivity contribution in [2.45, 2.75) is 6.92 Å². The van der Waals surface area contributed by atoms with Crippen molar-refractivity contribution in [2.75, 3.05) is 11.9 Å². The molecule has 0 unspecified atom stereocenters. The zero-order valence-electron chi connectivity index (χ0n) is 9.05. The van der Waals surface area contributed by atoms with Gasteiger partial charge in [-0.15, -0.1) is 5.92 Å². The van der Waals surface area contributed by atoms with Gasteiger partial charge in [0, 0.05) is 10.2 Å². The summed E-state index contributed by atoms with van der Waals surface area (Å²) < 4.78 is 1.11. The molecule has 0 aliphatic rings. The van der Waals surface area contributed by atoms with E-state index in [9.17, 15) is 0 Å². The molecule has 0 fully saturated rings. The van der Waals surface area contributed by atoms with Gasteiger partial charge in [-0.25, -0.2) is 0 Å². The van der Waals surface area contributed by atoms with E-state index in [0.717, 1.165) is 10.2 Å². The summed E-state index contributed by atoms with van der Waals surface area (Å²) in [5.41, 5.74) is 1.11. The molecule has 1 nitrogen and oxygen atoms in total. The molecule has 0 aromatic heterocycles. The minimum absolute atomic E-state index is 0.693. The van der Waals surface area contributed by atoms with Crippen LogP contribution in [0.2, 0.25) is 0 Å². The zero-order valence-corrected chi connectivity index (χ0v) is 10.6. The third kappa shape index (κ3) is 2.56. The van der Waals surface area contributed by atoms with E-state index in [0.29, 0.717) is 6.54 Å². The second kappa shape index (κ2) is 5.05. The minimum atomic E-state index is 0.693. The third-order valence-electron chi connectivity index (χ3n) is 2.36. The Kier molecular flexibility index (Phi) is 3.48. The first-order valence-corrected chi connectivity index (χ1v) is 5.92. The van der Waals surface area contributed by atoms with E-state index in [1.165, 1.54) is 10.8 Å². The van der Waals surface area contributed by atoms with Gasteiger partial charge in [0.1, 0.15) is 0 Å². The number of anilines is 1. The van der Waals surface area contributed by atoms with Gasteiger partial charge in [0.15, 0.2) is 0 Å². The lowest BCUT2D eigenvalue weighted by atomic mass is 10.1. The Hall–Kier alpha value is -1.46. The van der Waals surface area contributed by atoms with Crippen molar-refractivity contribution in [3.63, 3.8) is 0 Å². The topological polar surface area (TPSA) is 12.0 Å². The summed E-state index contributed by atoms with van der Waals surface area (Å²) in [6.07, 6.45) is 0. The number of halogens is 1. The van der Waals surface area contributed by atoms with Gasteiger partial charge in [-0.3, -0.25) is 0 Å². The highest BCUT2D eigenvalue weighted by Gasteiger charge is 1.96. The van der Waals surface area contributed by atoms with Gasteiger partial charge < -0.3 is 5.32 Å². The van der Waals surface area contributed by atoms with E-state index in [2.05, 4.69) is 69.5 Å². The molecule has 0 saturated heterocycles. The van der Waals surface area contributed by atoms with Gasteiger partial charge in [-0.2, -0.15) is 0 Å². The molecule has 16 heavy (non-hydrogen) atoms. The first-order valence-electron chi connectivity index (χ1n) is 5.12. The van der Waals surface area contributed by atoms with Crippen LogP contribution in [0.5, 0.6) is 0 Å². The Bertz CT molecular complexity index is 564. The Morgan fingerprint density at radius 3 is 2.69 bits per heavy atom.